The summed E-state index contributed by atoms with van der Waals surface area (Å²) in [7, 11) is -0.404. The lowest BCUT2D eigenvalue weighted by molar-refractivity contribution is -0.137. The molecule has 2 aromatic carbocycles. The number of fused-ring (bicyclic) bond motifs is 2. The lowest BCUT2D eigenvalue weighted by atomic mass is 9.95. The summed E-state index contributed by atoms with van der Waals surface area (Å²) in [6, 6.07) is 10.1. The van der Waals surface area contributed by atoms with Crippen LogP contribution in [-0.2, 0) is 28.6 Å². The lowest BCUT2D eigenvalue weighted by Gasteiger charge is -2.36. The van der Waals surface area contributed by atoms with Crippen molar-refractivity contribution in [3.8, 4) is 0 Å². The molecule has 38 heavy (non-hydrogen) atoms. The number of carbonyl (C=O) groups excluding carboxylic acids is 1. The van der Waals surface area contributed by atoms with E-state index in [2.05, 4.69) is 38.8 Å². The molecule has 0 bridgehead atoms. The third kappa shape index (κ3) is 5.57. The van der Waals surface area contributed by atoms with Gasteiger partial charge in [-0.3, -0.25) is 4.79 Å². The molecule has 1 aromatic heterocycles. The van der Waals surface area contributed by atoms with Crippen molar-refractivity contribution in [1.29, 1.82) is 0 Å². The molecule has 10 heteroatoms. The van der Waals surface area contributed by atoms with Gasteiger partial charge in [0.2, 0.25) is 0 Å². The van der Waals surface area contributed by atoms with E-state index in [0.717, 1.165) is 23.1 Å². The first-order chi connectivity index (χ1) is 17.6. The van der Waals surface area contributed by atoms with Crippen LogP contribution in [0.5, 0.6) is 0 Å². The molecule has 0 fully saturated rings. The van der Waals surface area contributed by atoms with Crippen molar-refractivity contribution < 1.29 is 27.1 Å². The van der Waals surface area contributed by atoms with E-state index in [9.17, 15) is 18.0 Å². The highest BCUT2D eigenvalue weighted by Gasteiger charge is 2.37. The van der Waals surface area contributed by atoms with Crippen molar-refractivity contribution in [1.82, 2.24) is 9.88 Å². The fraction of sp³-hybridized carbons (Fsp3) is 0.429. The molecular weight excluding hydrogens is 511 g/mol. The first-order valence-corrected chi connectivity index (χ1v) is 15.4. The van der Waals surface area contributed by atoms with Crippen LogP contribution in [0.25, 0.3) is 10.9 Å². The van der Waals surface area contributed by atoms with Crippen molar-refractivity contribution in [2.24, 2.45) is 0 Å². The third-order valence-corrected chi connectivity index (χ3v) is 12.2. The summed E-state index contributed by atoms with van der Waals surface area (Å²) in [5.74, 6) is 0.0954. The zero-order valence-corrected chi connectivity index (χ0v) is 23.6. The second-order valence-corrected chi connectivity index (χ2v) is 16.2. The van der Waals surface area contributed by atoms with Gasteiger partial charge < -0.3 is 19.8 Å². The Morgan fingerprint density at radius 3 is 2.53 bits per heavy atom. The van der Waals surface area contributed by atoms with Crippen molar-refractivity contribution in [2.75, 3.05) is 19.4 Å². The van der Waals surface area contributed by atoms with E-state index < -0.39 is 26.1 Å². The highest BCUT2D eigenvalue weighted by Crippen LogP contribution is 2.38. The number of hydrogen-bond donors (Lipinski definition) is 1. The van der Waals surface area contributed by atoms with E-state index in [-0.39, 0.29) is 24.2 Å². The van der Waals surface area contributed by atoms with Gasteiger partial charge in [-0.1, -0.05) is 26.8 Å². The molecule has 0 aliphatic carbocycles. The molecule has 1 aliphatic heterocycles. The SMILES string of the molecule is CN(C(=O)c1ccc2nc(N)cc(CO[Si](C)(C)C(C)(C)C)c2c1)C1COCc2cc(C(F)(F)F)ccc21. The fourth-order valence-corrected chi connectivity index (χ4v) is 5.26. The van der Waals surface area contributed by atoms with Gasteiger partial charge in [-0.15, -0.1) is 0 Å². The van der Waals surface area contributed by atoms with Crippen LogP contribution < -0.4 is 5.73 Å². The first-order valence-electron chi connectivity index (χ1n) is 12.5. The number of alkyl halides is 3. The minimum absolute atomic E-state index is 0.0322. The number of pyridine rings is 1. The van der Waals surface area contributed by atoms with Gasteiger partial charge >= 0.3 is 6.18 Å². The van der Waals surface area contributed by atoms with Crippen molar-refractivity contribution in [3.05, 3.63) is 70.3 Å². The summed E-state index contributed by atoms with van der Waals surface area (Å²) in [4.78, 5) is 19.5. The predicted molar refractivity (Wildman–Crippen MR) is 144 cm³/mol. The summed E-state index contributed by atoms with van der Waals surface area (Å²) in [5.41, 5.74) is 8.34. The van der Waals surface area contributed by atoms with E-state index in [1.165, 1.54) is 11.0 Å². The van der Waals surface area contributed by atoms with Crippen molar-refractivity contribution >= 4 is 30.9 Å². The standard InChI is InChI=1S/C28H34F3N3O3Si/c1-27(2,3)38(5,6)37-15-19-13-25(32)33-23-10-7-17(12-22(19)23)26(35)34(4)24-16-36-14-18-11-20(28(29,30)31)8-9-21(18)24/h7-13,24H,14-16H2,1-6H3,(H2,32,33). The zero-order chi connectivity index (χ0) is 28.0. The minimum Gasteiger partial charge on any atom is -0.413 e. The molecule has 0 saturated carbocycles. The Balaban J connectivity index is 1.64. The molecule has 1 amide bonds. The number of anilines is 1. The largest absolute Gasteiger partial charge is 0.416 e. The molecule has 4 rings (SSSR count). The Labute approximate surface area is 222 Å². The van der Waals surface area contributed by atoms with Gasteiger partial charge in [0.25, 0.3) is 5.91 Å². The molecule has 2 N–H and O–H groups in total. The van der Waals surface area contributed by atoms with Crippen molar-refractivity contribution in [3.63, 3.8) is 0 Å². The quantitative estimate of drug-likeness (QED) is 0.361. The van der Waals surface area contributed by atoms with Crippen molar-refractivity contribution in [2.45, 2.75) is 64.3 Å². The number of benzene rings is 2. The van der Waals surface area contributed by atoms with Crippen LogP contribution in [0.2, 0.25) is 18.1 Å². The maximum Gasteiger partial charge on any atom is 0.416 e. The molecule has 0 spiro atoms. The molecule has 0 saturated heterocycles. The number of aromatic nitrogens is 1. The highest BCUT2D eigenvalue weighted by molar-refractivity contribution is 6.74. The number of halogens is 3. The number of hydrogen-bond acceptors (Lipinski definition) is 5. The summed E-state index contributed by atoms with van der Waals surface area (Å²) in [6.45, 7) is 11.5. The molecule has 1 aliphatic rings. The Morgan fingerprint density at radius 2 is 1.87 bits per heavy atom. The third-order valence-electron chi connectivity index (χ3n) is 7.71. The number of amides is 1. The van der Waals surface area contributed by atoms with Crippen LogP contribution >= 0.6 is 0 Å². The first kappa shape index (κ1) is 28.1. The topological polar surface area (TPSA) is 77.7 Å². The predicted octanol–water partition coefficient (Wildman–Crippen LogP) is 6.70. The van der Waals surface area contributed by atoms with Gasteiger partial charge in [-0.25, -0.2) is 4.98 Å². The molecule has 0 radical (unpaired) electrons. The van der Waals surface area contributed by atoms with E-state index >= 15 is 0 Å². The van der Waals surface area contributed by atoms with Gasteiger partial charge in [0, 0.05) is 18.0 Å². The number of ether oxygens (including phenoxy) is 1. The molecule has 204 valence electrons. The van der Waals surface area contributed by atoms with Crippen LogP contribution in [0, 0.1) is 0 Å². The number of nitrogens with two attached hydrogens (primary N) is 1. The average Bonchev–Trinajstić information content (AvgIpc) is 2.84. The fourth-order valence-electron chi connectivity index (χ4n) is 4.31. The van der Waals surface area contributed by atoms with Gasteiger partial charge in [0.1, 0.15) is 5.82 Å². The Kier molecular flexibility index (Phi) is 7.37. The number of nitrogen functional groups attached to an aromatic ring is 1. The Hall–Kier alpha value is -2.95. The van der Waals surface area contributed by atoms with Gasteiger partial charge in [0.15, 0.2) is 8.32 Å². The van der Waals surface area contributed by atoms with E-state index in [4.69, 9.17) is 14.9 Å². The maximum atomic E-state index is 13.6. The van der Waals surface area contributed by atoms with Crippen LogP contribution in [0.4, 0.5) is 19.0 Å². The maximum absolute atomic E-state index is 13.6. The second-order valence-electron chi connectivity index (χ2n) is 11.3. The van der Waals surface area contributed by atoms with E-state index in [0.29, 0.717) is 34.6 Å². The summed E-state index contributed by atoms with van der Waals surface area (Å²) in [5, 5.41) is 0.803. The zero-order valence-electron chi connectivity index (χ0n) is 22.6. The van der Waals surface area contributed by atoms with Gasteiger partial charge in [-0.05, 0) is 71.2 Å². The molecule has 1 unspecified atom stereocenters. The second kappa shape index (κ2) is 9.98. The lowest BCUT2D eigenvalue weighted by Crippen LogP contribution is -2.40. The number of nitrogens with zero attached hydrogens (tertiary/aromatic N) is 2. The highest BCUT2D eigenvalue weighted by atomic mass is 28.4. The van der Waals surface area contributed by atoms with Crippen LogP contribution in [0.15, 0.2) is 42.5 Å². The van der Waals surface area contributed by atoms with Crippen LogP contribution in [0.1, 0.15) is 59.4 Å². The van der Waals surface area contributed by atoms with E-state index in [1.807, 2.05) is 0 Å². The molecule has 6 nitrogen and oxygen atoms in total. The Morgan fingerprint density at radius 1 is 1.16 bits per heavy atom. The summed E-state index contributed by atoms with van der Waals surface area (Å²) in [6.07, 6.45) is -4.45. The molecule has 2 heterocycles. The monoisotopic (exact) mass is 545 g/mol. The smallest absolute Gasteiger partial charge is 0.413 e. The Bertz CT molecular complexity index is 1370. The normalized spacial score (nSPS) is 16.4. The number of likely N-dealkylation sites (N-methyl/N-ethyl adjacent to an activating group) is 1. The van der Waals surface area contributed by atoms with Crippen LogP contribution in [-0.4, -0.2) is 37.8 Å². The number of rotatable bonds is 5. The molecule has 1 atom stereocenters. The summed E-state index contributed by atoms with van der Waals surface area (Å²) >= 11 is 0. The van der Waals surface area contributed by atoms with Gasteiger partial charge in [-0.2, -0.15) is 13.2 Å². The average molecular weight is 546 g/mol. The number of carbonyl (C=O) groups is 1. The van der Waals surface area contributed by atoms with Gasteiger partial charge in [0.05, 0.1) is 36.9 Å². The van der Waals surface area contributed by atoms with E-state index in [1.54, 1.807) is 31.3 Å². The molecule has 3 aromatic rings. The minimum atomic E-state index is -4.45. The summed E-state index contributed by atoms with van der Waals surface area (Å²) < 4.78 is 51.6. The van der Waals surface area contributed by atoms with Crippen LogP contribution in [0.3, 0.4) is 0 Å². The molecular formula is C28H34F3N3O3Si.